The molecule has 2 aromatic carbocycles. The van der Waals surface area contributed by atoms with Gasteiger partial charge >= 0.3 is 0 Å². The van der Waals surface area contributed by atoms with E-state index in [1.54, 1.807) is 11.3 Å². The average molecular weight is 598 g/mol. The number of unbranched alkanes of at least 4 members (excludes halogenated alkanes) is 10. The topological polar surface area (TPSA) is 18.5 Å². The molecule has 38 heavy (non-hydrogen) atoms. The third-order valence-corrected chi connectivity index (χ3v) is 8.32. The second-order valence-electron chi connectivity index (χ2n) is 9.98. The lowest BCUT2D eigenvalue weighted by atomic mass is 9.97. The van der Waals surface area contributed by atoms with Crippen LogP contribution in [-0.4, -0.2) is 13.2 Å². The SMILES string of the molecule is CCCCCCCCOc1ccc(C(=Cc2ccc(Br)s2)c2ccc(OCCCCCCCC)cc2)cc1. The number of thiophene rings is 1. The van der Waals surface area contributed by atoms with Gasteiger partial charge in [0.1, 0.15) is 11.5 Å². The van der Waals surface area contributed by atoms with Crippen molar-refractivity contribution in [2.45, 2.75) is 90.9 Å². The van der Waals surface area contributed by atoms with Gasteiger partial charge in [0.05, 0.1) is 17.0 Å². The fourth-order valence-corrected chi connectivity index (χ4v) is 5.85. The standard InChI is InChI=1S/C34H45BrO2S/c1-3-5-7-9-11-13-25-36-30-19-15-28(16-20-30)33(27-32-23-24-34(35)38-32)29-17-21-31(22-18-29)37-26-14-12-10-8-6-4-2/h15-24,27H,3-14,25-26H2,1-2H3. The third-order valence-electron chi connectivity index (χ3n) is 6.74. The lowest BCUT2D eigenvalue weighted by Crippen LogP contribution is -1.98. The summed E-state index contributed by atoms with van der Waals surface area (Å²) in [7, 11) is 0. The summed E-state index contributed by atoms with van der Waals surface area (Å²) in [5, 5.41) is 0. The maximum atomic E-state index is 6.02. The molecule has 206 valence electrons. The quantitative estimate of drug-likeness (QED) is 0.128. The summed E-state index contributed by atoms with van der Waals surface area (Å²) in [4.78, 5) is 1.22. The van der Waals surface area contributed by atoms with Crippen molar-refractivity contribution >= 4 is 38.9 Å². The van der Waals surface area contributed by atoms with Crippen LogP contribution in [0.15, 0.2) is 64.5 Å². The summed E-state index contributed by atoms with van der Waals surface area (Å²) in [5.74, 6) is 1.89. The maximum absolute atomic E-state index is 6.02. The number of hydrogen-bond donors (Lipinski definition) is 0. The predicted molar refractivity (Wildman–Crippen MR) is 170 cm³/mol. The summed E-state index contributed by atoms with van der Waals surface area (Å²) >= 11 is 5.35. The predicted octanol–water partition coefficient (Wildman–Crippen LogP) is 11.6. The number of benzene rings is 2. The van der Waals surface area contributed by atoms with Crippen LogP contribution in [0.25, 0.3) is 11.6 Å². The van der Waals surface area contributed by atoms with Crippen LogP contribution in [0.2, 0.25) is 0 Å². The number of ether oxygens (including phenoxy) is 2. The average Bonchev–Trinajstić information content (AvgIpc) is 3.36. The van der Waals surface area contributed by atoms with Gasteiger partial charge in [-0.05, 0) is 87.9 Å². The number of hydrogen-bond acceptors (Lipinski definition) is 3. The van der Waals surface area contributed by atoms with E-state index in [2.05, 4.69) is 96.5 Å². The van der Waals surface area contributed by atoms with E-state index in [1.165, 1.54) is 85.8 Å². The Kier molecular flexibility index (Phi) is 14.7. The van der Waals surface area contributed by atoms with Gasteiger partial charge in [-0.25, -0.2) is 0 Å². The van der Waals surface area contributed by atoms with Gasteiger partial charge in [-0.3, -0.25) is 0 Å². The molecule has 3 rings (SSSR count). The first-order valence-electron chi connectivity index (χ1n) is 14.6. The van der Waals surface area contributed by atoms with Crippen LogP contribution in [-0.2, 0) is 0 Å². The smallest absolute Gasteiger partial charge is 0.119 e. The van der Waals surface area contributed by atoms with Crippen LogP contribution in [0, 0.1) is 0 Å². The van der Waals surface area contributed by atoms with Crippen LogP contribution in [0.1, 0.15) is 107 Å². The highest BCUT2D eigenvalue weighted by Gasteiger charge is 2.08. The highest BCUT2D eigenvalue weighted by atomic mass is 79.9. The van der Waals surface area contributed by atoms with Gasteiger partial charge in [0.15, 0.2) is 0 Å². The summed E-state index contributed by atoms with van der Waals surface area (Å²) in [5.41, 5.74) is 3.56. The van der Waals surface area contributed by atoms with Crippen molar-refractivity contribution in [3.05, 3.63) is 80.5 Å². The maximum Gasteiger partial charge on any atom is 0.119 e. The van der Waals surface area contributed by atoms with Gasteiger partial charge in [0.2, 0.25) is 0 Å². The Morgan fingerprint density at radius 3 is 1.47 bits per heavy atom. The molecule has 3 aromatic rings. The summed E-state index contributed by atoms with van der Waals surface area (Å²) in [6.45, 7) is 6.09. The van der Waals surface area contributed by atoms with Crippen LogP contribution in [0.3, 0.4) is 0 Å². The zero-order chi connectivity index (χ0) is 26.8. The van der Waals surface area contributed by atoms with Gasteiger partial charge in [-0.2, -0.15) is 0 Å². The molecule has 0 aliphatic heterocycles. The van der Waals surface area contributed by atoms with Gasteiger partial charge in [0.25, 0.3) is 0 Å². The minimum absolute atomic E-state index is 0.789. The molecule has 0 unspecified atom stereocenters. The third kappa shape index (κ3) is 11.4. The van der Waals surface area contributed by atoms with E-state index in [1.807, 2.05) is 0 Å². The highest BCUT2D eigenvalue weighted by Crippen LogP contribution is 2.32. The van der Waals surface area contributed by atoms with Gasteiger partial charge in [0, 0.05) is 4.88 Å². The molecule has 0 fully saturated rings. The Balaban J connectivity index is 1.60. The molecule has 1 heterocycles. The largest absolute Gasteiger partial charge is 0.494 e. The molecular weight excluding hydrogens is 552 g/mol. The van der Waals surface area contributed by atoms with Gasteiger partial charge < -0.3 is 9.47 Å². The molecule has 0 bridgehead atoms. The summed E-state index contributed by atoms with van der Waals surface area (Å²) in [6, 6.07) is 21.4. The zero-order valence-corrected chi connectivity index (χ0v) is 25.8. The molecular formula is C34H45BrO2S. The molecule has 4 heteroatoms. The van der Waals surface area contributed by atoms with Crippen LogP contribution < -0.4 is 9.47 Å². The fourth-order valence-electron chi connectivity index (χ4n) is 4.49. The lowest BCUT2D eigenvalue weighted by Gasteiger charge is -2.12. The Labute approximate surface area is 243 Å². The van der Waals surface area contributed by atoms with Crippen molar-refractivity contribution in [1.82, 2.24) is 0 Å². The van der Waals surface area contributed by atoms with E-state index in [-0.39, 0.29) is 0 Å². The molecule has 0 saturated carbocycles. The Hall–Kier alpha value is -2.04. The minimum atomic E-state index is 0.789. The van der Waals surface area contributed by atoms with E-state index in [4.69, 9.17) is 9.47 Å². The second-order valence-corrected chi connectivity index (χ2v) is 12.5. The molecule has 0 N–H and O–H groups in total. The van der Waals surface area contributed by atoms with Gasteiger partial charge in [-0.1, -0.05) is 102 Å². The van der Waals surface area contributed by atoms with E-state index in [9.17, 15) is 0 Å². The fraction of sp³-hybridized carbons (Fsp3) is 0.471. The van der Waals surface area contributed by atoms with Crippen molar-refractivity contribution in [2.24, 2.45) is 0 Å². The van der Waals surface area contributed by atoms with Crippen molar-refractivity contribution in [1.29, 1.82) is 0 Å². The molecule has 0 amide bonds. The molecule has 2 nitrogen and oxygen atoms in total. The molecule has 0 aliphatic rings. The Morgan fingerprint density at radius 1 is 0.605 bits per heavy atom. The molecule has 0 atom stereocenters. The summed E-state index contributed by atoms with van der Waals surface area (Å²) < 4.78 is 13.2. The highest BCUT2D eigenvalue weighted by molar-refractivity contribution is 9.11. The minimum Gasteiger partial charge on any atom is -0.494 e. The Morgan fingerprint density at radius 2 is 1.05 bits per heavy atom. The lowest BCUT2D eigenvalue weighted by molar-refractivity contribution is 0.304. The van der Waals surface area contributed by atoms with Crippen molar-refractivity contribution in [2.75, 3.05) is 13.2 Å². The summed E-state index contributed by atoms with van der Waals surface area (Å²) in [6.07, 6.45) is 17.6. The molecule has 0 aliphatic carbocycles. The van der Waals surface area contributed by atoms with Crippen molar-refractivity contribution in [3.63, 3.8) is 0 Å². The van der Waals surface area contributed by atoms with E-state index in [0.717, 1.165) is 41.3 Å². The van der Waals surface area contributed by atoms with Crippen molar-refractivity contribution < 1.29 is 9.47 Å². The van der Waals surface area contributed by atoms with E-state index >= 15 is 0 Å². The van der Waals surface area contributed by atoms with Crippen LogP contribution in [0.4, 0.5) is 0 Å². The first-order chi connectivity index (χ1) is 18.7. The van der Waals surface area contributed by atoms with Crippen LogP contribution >= 0.6 is 27.3 Å². The second kappa shape index (κ2) is 18.3. The number of halogens is 1. The first-order valence-corrected chi connectivity index (χ1v) is 16.2. The number of rotatable bonds is 19. The molecule has 1 aromatic heterocycles. The zero-order valence-electron chi connectivity index (χ0n) is 23.4. The monoisotopic (exact) mass is 596 g/mol. The van der Waals surface area contributed by atoms with Gasteiger partial charge in [-0.15, -0.1) is 11.3 Å². The van der Waals surface area contributed by atoms with Crippen LogP contribution in [0.5, 0.6) is 11.5 Å². The van der Waals surface area contributed by atoms with Crippen molar-refractivity contribution in [3.8, 4) is 11.5 Å². The normalized spacial score (nSPS) is 10.9. The van der Waals surface area contributed by atoms with E-state index in [0.29, 0.717) is 0 Å². The molecule has 0 saturated heterocycles. The van der Waals surface area contributed by atoms with E-state index < -0.39 is 0 Å². The Bertz CT molecular complexity index is 989. The molecule has 0 spiro atoms. The first kappa shape index (κ1) is 30.5. The molecule has 0 radical (unpaired) electrons.